The summed E-state index contributed by atoms with van der Waals surface area (Å²) < 4.78 is 0. The van der Waals surface area contributed by atoms with Gasteiger partial charge in [0.2, 0.25) is 0 Å². The van der Waals surface area contributed by atoms with Gasteiger partial charge in [-0.3, -0.25) is 4.90 Å². The van der Waals surface area contributed by atoms with Crippen molar-refractivity contribution in [3.05, 3.63) is 77.4 Å². The Morgan fingerprint density at radius 3 is 1.76 bits per heavy atom. The molecule has 1 heterocycles. The second kappa shape index (κ2) is 6.44. The zero-order valence-electron chi connectivity index (χ0n) is 16.1. The first-order valence-electron chi connectivity index (χ1n) is 9.08. The number of hydrogen-bond donors (Lipinski definition) is 1. The molecule has 1 unspecified atom stereocenters. The van der Waals surface area contributed by atoms with E-state index in [4.69, 9.17) is 5.73 Å². The first-order chi connectivity index (χ1) is 11.7. The van der Waals surface area contributed by atoms with Gasteiger partial charge in [-0.25, -0.2) is 0 Å². The predicted octanol–water partition coefficient (Wildman–Crippen LogP) is 4.71. The Labute approximate surface area is 152 Å². The van der Waals surface area contributed by atoms with Gasteiger partial charge in [-0.2, -0.15) is 0 Å². The Morgan fingerprint density at radius 1 is 0.880 bits per heavy atom. The van der Waals surface area contributed by atoms with Crippen LogP contribution in [0.4, 0.5) is 0 Å². The van der Waals surface area contributed by atoms with Gasteiger partial charge in [0.05, 0.1) is 0 Å². The van der Waals surface area contributed by atoms with E-state index < -0.39 is 0 Å². The molecule has 0 radical (unpaired) electrons. The van der Waals surface area contributed by atoms with Crippen LogP contribution in [-0.2, 0) is 0 Å². The van der Waals surface area contributed by atoms with Crippen molar-refractivity contribution in [3.63, 3.8) is 0 Å². The molecule has 0 aliphatic carbocycles. The van der Waals surface area contributed by atoms with Crippen LogP contribution >= 0.6 is 0 Å². The van der Waals surface area contributed by atoms with Crippen LogP contribution in [0.25, 0.3) is 5.57 Å². The maximum Gasteiger partial charge on any atom is 0.0446 e. The quantitative estimate of drug-likeness (QED) is 0.862. The standard InChI is InChI=1S/C23H30N2/c1-22(2)16-19(21(24)23(3,4)25(22)5)20(17-12-8-6-9-13-17)18-14-10-7-11-15-18/h6-15,21H,16,24H2,1-5H3. The van der Waals surface area contributed by atoms with E-state index in [2.05, 4.69) is 100 Å². The first-order valence-corrected chi connectivity index (χ1v) is 9.08. The number of rotatable bonds is 2. The van der Waals surface area contributed by atoms with Gasteiger partial charge in [0, 0.05) is 17.1 Å². The van der Waals surface area contributed by atoms with Crippen molar-refractivity contribution in [2.24, 2.45) is 5.73 Å². The van der Waals surface area contributed by atoms with Crippen molar-refractivity contribution < 1.29 is 0 Å². The van der Waals surface area contributed by atoms with Crippen LogP contribution in [0.5, 0.6) is 0 Å². The molecule has 0 saturated carbocycles. The van der Waals surface area contributed by atoms with E-state index >= 15 is 0 Å². The fraction of sp³-hybridized carbons (Fsp3) is 0.391. The number of nitrogens with zero attached hydrogens (tertiary/aromatic N) is 1. The zero-order chi connectivity index (χ0) is 18.2. The minimum absolute atomic E-state index is 0.0130. The highest BCUT2D eigenvalue weighted by Crippen LogP contribution is 2.43. The Morgan fingerprint density at radius 2 is 1.32 bits per heavy atom. The molecule has 25 heavy (non-hydrogen) atoms. The number of piperidine rings is 1. The summed E-state index contributed by atoms with van der Waals surface area (Å²) >= 11 is 0. The van der Waals surface area contributed by atoms with Gasteiger partial charge in [0.15, 0.2) is 0 Å². The second-order valence-electron chi connectivity index (χ2n) is 8.31. The van der Waals surface area contributed by atoms with Gasteiger partial charge in [-0.05, 0) is 63.4 Å². The topological polar surface area (TPSA) is 29.3 Å². The molecular formula is C23H30N2. The van der Waals surface area contributed by atoms with Gasteiger partial charge in [-0.15, -0.1) is 0 Å². The molecular weight excluding hydrogens is 304 g/mol. The first kappa shape index (κ1) is 17.9. The Kier molecular flexibility index (Phi) is 4.61. The molecule has 132 valence electrons. The van der Waals surface area contributed by atoms with E-state index in [1.165, 1.54) is 22.3 Å². The molecule has 2 nitrogen and oxygen atoms in total. The van der Waals surface area contributed by atoms with Crippen LogP contribution in [0.3, 0.4) is 0 Å². The third-order valence-electron chi connectivity index (χ3n) is 5.98. The van der Waals surface area contributed by atoms with Gasteiger partial charge < -0.3 is 5.73 Å². The van der Waals surface area contributed by atoms with E-state index in [1.807, 2.05) is 0 Å². The van der Waals surface area contributed by atoms with Crippen molar-refractivity contribution in [1.82, 2.24) is 4.90 Å². The molecule has 3 rings (SSSR count). The van der Waals surface area contributed by atoms with Crippen LogP contribution in [-0.4, -0.2) is 29.1 Å². The van der Waals surface area contributed by atoms with E-state index in [1.54, 1.807) is 0 Å². The third kappa shape index (κ3) is 3.17. The predicted molar refractivity (Wildman–Crippen MR) is 107 cm³/mol. The average Bonchev–Trinajstić information content (AvgIpc) is 2.60. The fourth-order valence-electron chi connectivity index (χ4n) is 4.10. The van der Waals surface area contributed by atoms with Crippen molar-refractivity contribution in [2.45, 2.75) is 51.2 Å². The van der Waals surface area contributed by atoms with E-state index in [-0.39, 0.29) is 17.1 Å². The zero-order valence-corrected chi connectivity index (χ0v) is 16.1. The summed E-state index contributed by atoms with van der Waals surface area (Å²) in [4.78, 5) is 2.43. The molecule has 2 aromatic carbocycles. The van der Waals surface area contributed by atoms with Gasteiger partial charge >= 0.3 is 0 Å². The van der Waals surface area contributed by atoms with E-state index in [0.29, 0.717) is 0 Å². The summed E-state index contributed by atoms with van der Waals surface area (Å²) in [6.45, 7) is 9.14. The summed E-state index contributed by atoms with van der Waals surface area (Å²) in [6, 6.07) is 21.3. The second-order valence-corrected chi connectivity index (χ2v) is 8.31. The van der Waals surface area contributed by atoms with E-state index in [9.17, 15) is 0 Å². The molecule has 0 bridgehead atoms. The normalized spacial score (nSPS) is 22.6. The minimum atomic E-state index is -0.105. The highest BCUT2D eigenvalue weighted by molar-refractivity contribution is 5.83. The lowest BCUT2D eigenvalue weighted by Crippen LogP contribution is -2.66. The number of hydrogen-bond acceptors (Lipinski definition) is 2. The molecule has 2 aromatic rings. The van der Waals surface area contributed by atoms with Gasteiger partial charge in [-0.1, -0.05) is 60.7 Å². The molecule has 0 amide bonds. The van der Waals surface area contributed by atoms with Gasteiger partial charge in [0.25, 0.3) is 0 Å². The molecule has 1 atom stereocenters. The molecule has 2 N–H and O–H groups in total. The van der Waals surface area contributed by atoms with Crippen LogP contribution < -0.4 is 5.73 Å². The number of nitrogens with two attached hydrogens (primary N) is 1. The lowest BCUT2D eigenvalue weighted by atomic mass is 9.71. The highest BCUT2D eigenvalue weighted by Gasteiger charge is 2.46. The van der Waals surface area contributed by atoms with Gasteiger partial charge in [0.1, 0.15) is 0 Å². The largest absolute Gasteiger partial charge is 0.323 e. The van der Waals surface area contributed by atoms with Crippen LogP contribution in [0.1, 0.15) is 45.2 Å². The number of likely N-dealkylation sites (N-methyl/N-ethyl adjacent to an activating group) is 1. The molecule has 0 aromatic heterocycles. The average molecular weight is 335 g/mol. The van der Waals surface area contributed by atoms with Crippen LogP contribution in [0.2, 0.25) is 0 Å². The van der Waals surface area contributed by atoms with Crippen LogP contribution in [0.15, 0.2) is 66.2 Å². The number of likely N-dealkylation sites (tertiary alicyclic amines) is 1. The molecule has 2 heteroatoms. The minimum Gasteiger partial charge on any atom is -0.323 e. The molecule has 1 aliphatic heterocycles. The highest BCUT2D eigenvalue weighted by atomic mass is 15.3. The molecule has 1 saturated heterocycles. The van der Waals surface area contributed by atoms with Crippen molar-refractivity contribution in [2.75, 3.05) is 7.05 Å². The maximum atomic E-state index is 6.84. The summed E-state index contributed by atoms with van der Waals surface area (Å²) in [5.41, 5.74) is 11.9. The molecule has 1 aliphatic rings. The fourth-order valence-corrected chi connectivity index (χ4v) is 4.10. The summed E-state index contributed by atoms with van der Waals surface area (Å²) in [7, 11) is 2.20. The summed E-state index contributed by atoms with van der Waals surface area (Å²) in [5.74, 6) is 0. The maximum absolute atomic E-state index is 6.84. The lowest BCUT2D eigenvalue weighted by molar-refractivity contribution is 0.00895. The molecule has 1 fully saturated rings. The summed E-state index contributed by atoms with van der Waals surface area (Å²) in [5, 5.41) is 0. The Bertz CT molecular complexity index is 716. The SMILES string of the molecule is CN1C(C)(C)CC(=C(c2ccccc2)c2ccccc2)C(N)C1(C)C. The monoisotopic (exact) mass is 334 g/mol. The van der Waals surface area contributed by atoms with Crippen LogP contribution in [0, 0.1) is 0 Å². The lowest BCUT2D eigenvalue weighted by Gasteiger charge is -2.55. The smallest absolute Gasteiger partial charge is 0.0446 e. The Hall–Kier alpha value is -1.90. The van der Waals surface area contributed by atoms with Crippen molar-refractivity contribution >= 4 is 5.57 Å². The summed E-state index contributed by atoms with van der Waals surface area (Å²) in [6.07, 6.45) is 0.965. The Balaban J connectivity index is 2.27. The van der Waals surface area contributed by atoms with E-state index in [0.717, 1.165) is 6.42 Å². The third-order valence-corrected chi connectivity index (χ3v) is 5.98. The van der Waals surface area contributed by atoms with Crippen molar-refractivity contribution in [1.29, 1.82) is 0 Å². The molecule has 0 spiro atoms. The number of benzene rings is 2. The van der Waals surface area contributed by atoms with Crippen molar-refractivity contribution in [3.8, 4) is 0 Å².